The first-order chi connectivity index (χ1) is 10.7. The Labute approximate surface area is 129 Å². The predicted molar refractivity (Wildman–Crippen MR) is 87.5 cm³/mol. The van der Waals surface area contributed by atoms with E-state index >= 15 is 0 Å². The molecule has 0 saturated carbocycles. The standard InChI is InChI=1S/C19H17FN2/c1-13-11-14-5-2-3-7-18(14)22(13)12-15-8-9-17(20)16-6-4-10-21-19(15)16/h2-10,13H,11-12H2,1H3. The zero-order valence-corrected chi connectivity index (χ0v) is 12.5. The smallest absolute Gasteiger partial charge is 0.132 e. The van der Waals surface area contributed by atoms with Crippen molar-refractivity contribution >= 4 is 16.6 Å². The third-order valence-corrected chi connectivity index (χ3v) is 4.49. The largest absolute Gasteiger partial charge is 0.364 e. The normalized spacial score (nSPS) is 17.0. The highest BCUT2D eigenvalue weighted by atomic mass is 19.1. The SMILES string of the molecule is CC1Cc2ccccc2N1Cc1ccc(F)c2cccnc12. The van der Waals surface area contributed by atoms with Gasteiger partial charge in [0.25, 0.3) is 0 Å². The van der Waals surface area contributed by atoms with Gasteiger partial charge in [0.05, 0.1) is 5.52 Å². The van der Waals surface area contributed by atoms with E-state index in [1.165, 1.54) is 11.3 Å². The molecule has 1 unspecified atom stereocenters. The number of rotatable bonds is 2. The van der Waals surface area contributed by atoms with Crippen LogP contribution in [-0.4, -0.2) is 11.0 Å². The average molecular weight is 292 g/mol. The van der Waals surface area contributed by atoms with Crippen LogP contribution >= 0.6 is 0 Å². The van der Waals surface area contributed by atoms with Crippen molar-refractivity contribution in [1.29, 1.82) is 0 Å². The van der Waals surface area contributed by atoms with Gasteiger partial charge in [-0.3, -0.25) is 4.98 Å². The van der Waals surface area contributed by atoms with Gasteiger partial charge >= 0.3 is 0 Å². The lowest BCUT2D eigenvalue weighted by Crippen LogP contribution is -2.28. The second kappa shape index (κ2) is 5.09. The Morgan fingerprint density at radius 3 is 2.91 bits per heavy atom. The van der Waals surface area contributed by atoms with Crippen LogP contribution < -0.4 is 4.90 Å². The summed E-state index contributed by atoms with van der Waals surface area (Å²) in [4.78, 5) is 6.78. The summed E-state index contributed by atoms with van der Waals surface area (Å²) in [6.07, 6.45) is 2.79. The summed E-state index contributed by atoms with van der Waals surface area (Å²) < 4.78 is 13.9. The molecule has 1 aliphatic rings. The predicted octanol–water partition coefficient (Wildman–Crippen LogP) is 4.33. The van der Waals surface area contributed by atoms with E-state index in [0.717, 1.165) is 24.0 Å². The Bertz CT molecular complexity index is 844. The van der Waals surface area contributed by atoms with Crippen molar-refractivity contribution in [2.75, 3.05) is 4.90 Å². The van der Waals surface area contributed by atoms with Crippen LogP contribution in [0.5, 0.6) is 0 Å². The van der Waals surface area contributed by atoms with E-state index in [4.69, 9.17) is 0 Å². The van der Waals surface area contributed by atoms with E-state index in [2.05, 4.69) is 41.1 Å². The molecule has 1 aromatic heterocycles. The van der Waals surface area contributed by atoms with Crippen molar-refractivity contribution in [1.82, 2.24) is 4.98 Å². The molecule has 4 rings (SSSR count). The van der Waals surface area contributed by atoms with Gasteiger partial charge in [0.2, 0.25) is 0 Å². The van der Waals surface area contributed by atoms with Gasteiger partial charge in [0.1, 0.15) is 5.82 Å². The molecule has 2 aromatic carbocycles. The van der Waals surface area contributed by atoms with Crippen molar-refractivity contribution in [2.24, 2.45) is 0 Å². The fraction of sp³-hybridized carbons (Fsp3) is 0.211. The van der Waals surface area contributed by atoms with E-state index in [9.17, 15) is 4.39 Å². The van der Waals surface area contributed by atoms with Crippen LogP contribution in [0, 0.1) is 5.82 Å². The zero-order chi connectivity index (χ0) is 15.1. The van der Waals surface area contributed by atoms with Crippen LogP contribution in [0.1, 0.15) is 18.1 Å². The molecule has 0 fully saturated rings. The van der Waals surface area contributed by atoms with Crippen LogP contribution in [-0.2, 0) is 13.0 Å². The van der Waals surface area contributed by atoms with Gasteiger partial charge < -0.3 is 4.90 Å². The summed E-state index contributed by atoms with van der Waals surface area (Å²) in [6.45, 7) is 2.99. The molecular formula is C19H17FN2. The molecule has 2 heterocycles. The van der Waals surface area contributed by atoms with Gasteiger partial charge in [0.15, 0.2) is 0 Å². The molecule has 0 spiro atoms. The lowest BCUT2D eigenvalue weighted by atomic mass is 10.1. The number of para-hydroxylation sites is 1. The van der Waals surface area contributed by atoms with Gasteiger partial charge in [-0.25, -0.2) is 4.39 Å². The Balaban J connectivity index is 1.77. The van der Waals surface area contributed by atoms with E-state index < -0.39 is 0 Å². The van der Waals surface area contributed by atoms with Crippen molar-refractivity contribution in [2.45, 2.75) is 25.9 Å². The molecule has 0 amide bonds. The molecule has 110 valence electrons. The van der Waals surface area contributed by atoms with Gasteiger partial charge in [-0.05, 0) is 48.7 Å². The highest BCUT2D eigenvalue weighted by Crippen LogP contribution is 2.34. The summed E-state index contributed by atoms with van der Waals surface area (Å²) in [5, 5.41) is 0.597. The first kappa shape index (κ1) is 13.3. The Kier molecular flexibility index (Phi) is 3.07. The lowest BCUT2D eigenvalue weighted by molar-refractivity contribution is 0.637. The van der Waals surface area contributed by atoms with Gasteiger partial charge in [-0.15, -0.1) is 0 Å². The van der Waals surface area contributed by atoms with Gasteiger partial charge in [-0.2, -0.15) is 0 Å². The van der Waals surface area contributed by atoms with Crippen LogP contribution in [0.4, 0.5) is 10.1 Å². The summed E-state index contributed by atoms with van der Waals surface area (Å²) in [6, 6.07) is 15.9. The number of fused-ring (bicyclic) bond motifs is 2. The van der Waals surface area contributed by atoms with Crippen LogP contribution in [0.3, 0.4) is 0 Å². The summed E-state index contributed by atoms with van der Waals surface area (Å²) in [5.74, 6) is -0.207. The van der Waals surface area contributed by atoms with E-state index in [1.54, 1.807) is 24.4 Å². The fourth-order valence-electron chi connectivity index (χ4n) is 3.38. The summed E-state index contributed by atoms with van der Waals surface area (Å²) in [5.41, 5.74) is 4.50. The molecule has 3 aromatic rings. The van der Waals surface area contributed by atoms with Crippen molar-refractivity contribution < 1.29 is 4.39 Å². The molecule has 0 saturated heterocycles. The number of aromatic nitrogens is 1. The Morgan fingerprint density at radius 1 is 1.14 bits per heavy atom. The van der Waals surface area contributed by atoms with E-state index in [0.29, 0.717) is 11.4 Å². The highest BCUT2D eigenvalue weighted by molar-refractivity contribution is 5.82. The zero-order valence-electron chi connectivity index (χ0n) is 12.5. The third-order valence-electron chi connectivity index (χ3n) is 4.49. The minimum atomic E-state index is -0.207. The van der Waals surface area contributed by atoms with Gasteiger partial charge in [0, 0.05) is 29.9 Å². The Morgan fingerprint density at radius 2 is 2.00 bits per heavy atom. The monoisotopic (exact) mass is 292 g/mol. The second-order valence-corrected chi connectivity index (χ2v) is 5.92. The van der Waals surface area contributed by atoms with E-state index in [-0.39, 0.29) is 5.82 Å². The van der Waals surface area contributed by atoms with Crippen molar-refractivity contribution in [3.8, 4) is 0 Å². The average Bonchev–Trinajstić information content (AvgIpc) is 2.86. The maximum absolute atomic E-state index is 13.9. The van der Waals surface area contributed by atoms with Gasteiger partial charge in [-0.1, -0.05) is 24.3 Å². The lowest BCUT2D eigenvalue weighted by Gasteiger charge is -2.25. The molecule has 0 aliphatic carbocycles. The highest BCUT2D eigenvalue weighted by Gasteiger charge is 2.26. The first-order valence-corrected chi connectivity index (χ1v) is 7.60. The third kappa shape index (κ3) is 2.05. The number of halogens is 1. The number of benzene rings is 2. The molecule has 2 nitrogen and oxygen atoms in total. The second-order valence-electron chi connectivity index (χ2n) is 5.92. The number of hydrogen-bond donors (Lipinski definition) is 0. The molecule has 0 radical (unpaired) electrons. The van der Waals surface area contributed by atoms with Crippen LogP contribution in [0.25, 0.3) is 10.9 Å². The molecule has 1 atom stereocenters. The quantitative estimate of drug-likeness (QED) is 0.699. The minimum Gasteiger partial charge on any atom is -0.364 e. The Hall–Kier alpha value is -2.42. The molecule has 0 N–H and O–H groups in total. The molecule has 3 heteroatoms. The summed E-state index contributed by atoms with van der Waals surface area (Å²) in [7, 11) is 0. The number of pyridine rings is 1. The van der Waals surface area contributed by atoms with E-state index in [1.807, 2.05) is 6.07 Å². The maximum Gasteiger partial charge on any atom is 0.132 e. The summed E-state index contributed by atoms with van der Waals surface area (Å²) >= 11 is 0. The molecule has 0 bridgehead atoms. The van der Waals surface area contributed by atoms with Crippen LogP contribution in [0.2, 0.25) is 0 Å². The number of anilines is 1. The molecule has 22 heavy (non-hydrogen) atoms. The maximum atomic E-state index is 13.9. The molecular weight excluding hydrogens is 275 g/mol. The number of nitrogens with zero attached hydrogens (tertiary/aromatic N) is 2. The van der Waals surface area contributed by atoms with Crippen molar-refractivity contribution in [3.63, 3.8) is 0 Å². The minimum absolute atomic E-state index is 0.207. The number of hydrogen-bond acceptors (Lipinski definition) is 2. The first-order valence-electron chi connectivity index (χ1n) is 7.60. The van der Waals surface area contributed by atoms with Crippen LogP contribution in [0.15, 0.2) is 54.7 Å². The fourth-order valence-corrected chi connectivity index (χ4v) is 3.38. The van der Waals surface area contributed by atoms with Crippen molar-refractivity contribution in [3.05, 3.63) is 71.7 Å². The topological polar surface area (TPSA) is 16.1 Å². The molecule has 1 aliphatic heterocycles.